The zero-order valence-corrected chi connectivity index (χ0v) is 20.4. The maximum absolute atomic E-state index is 13.1. The van der Waals surface area contributed by atoms with Gasteiger partial charge in [-0.25, -0.2) is 9.78 Å². The van der Waals surface area contributed by atoms with Gasteiger partial charge in [0.15, 0.2) is 0 Å². The Hall–Kier alpha value is -3.62. The van der Waals surface area contributed by atoms with Crippen LogP contribution in [0.3, 0.4) is 0 Å². The SMILES string of the molecule is CC(C)Oc1ccccc1C=C1CCn2c1nc1cc(NC(=O)C(Cl)=C(Cl)C(=O)O)ccc1c2=O. The Labute approximate surface area is 210 Å². The first-order valence-corrected chi connectivity index (χ1v) is 11.5. The predicted molar refractivity (Wildman–Crippen MR) is 136 cm³/mol. The third kappa shape index (κ3) is 5.08. The Morgan fingerprint density at radius 1 is 1.17 bits per heavy atom. The number of fused-ring (bicyclic) bond motifs is 2. The lowest BCUT2D eigenvalue weighted by atomic mass is 10.1. The predicted octanol–water partition coefficient (Wildman–Crippen LogP) is 4.84. The topological polar surface area (TPSA) is 111 Å². The molecule has 35 heavy (non-hydrogen) atoms. The molecule has 0 saturated heterocycles. The fourth-order valence-corrected chi connectivity index (χ4v) is 3.97. The Morgan fingerprint density at radius 2 is 1.91 bits per heavy atom. The second-order valence-corrected chi connectivity index (χ2v) is 8.89. The minimum Gasteiger partial charge on any atom is -0.490 e. The van der Waals surface area contributed by atoms with E-state index in [4.69, 9.17) is 38.0 Å². The van der Waals surface area contributed by atoms with Crippen molar-refractivity contribution >= 4 is 63.3 Å². The Balaban J connectivity index is 1.73. The monoisotopic (exact) mass is 513 g/mol. The van der Waals surface area contributed by atoms with Crippen molar-refractivity contribution in [2.24, 2.45) is 0 Å². The van der Waals surface area contributed by atoms with Crippen LogP contribution in [0.2, 0.25) is 0 Å². The molecular weight excluding hydrogens is 493 g/mol. The van der Waals surface area contributed by atoms with Crippen molar-refractivity contribution in [2.75, 3.05) is 5.32 Å². The molecule has 8 nitrogen and oxygen atoms in total. The lowest BCUT2D eigenvalue weighted by molar-refractivity contribution is -0.132. The average molecular weight is 514 g/mol. The number of carbonyl (C=O) groups excluding carboxylic acids is 1. The first-order chi connectivity index (χ1) is 16.7. The molecule has 0 atom stereocenters. The molecule has 1 aromatic heterocycles. The molecule has 0 fully saturated rings. The van der Waals surface area contributed by atoms with Gasteiger partial charge in [0.25, 0.3) is 11.5 Å². The molecule has 2 heterocycles. The first-order valence-electron chi connectivity index (χ1n) is 10.8. The minimum absolute atomic E-state index is 0.0115. The number of hydrogen-bond acceptors (Lipinski definition) is 5. The number of anilines is 1. The summed E-state index contributed by atoms with van der Waals surface area (Å²) in [5, 5.41) is 10.3. The molecule has 1 amide bonds. The average Bonchev–Trinajstić information content (AvgIpc) is 3.21. The normalized spacial score (nSPS) is 14.7. The second kappa shape index (κ2) is 9.93. The highest BCUT2D eigenvalue weighted by atomic mass is 35.5. The molecule has 2 aromatic carbocycles. The lowest BCUT2D eigenvalue weighted by Gasteiger charge is -2.13. The number of ether oxygens (including phenoxy) is 1. The summed E-state index contributed by atoms with van der Waals surface area (Å²) in [5.74, 6) is -1.13. The Morgan fingerprint density at radius 3 is 2.63 bits per heavy atom. The highest BCUT2D eigenvalue weighted by Crippen LogP contribution is 2.31. The van der Waals surface area contributed by atoms with E-state index >= 15 is 0 Å². The summed E-state index contributed by atoms with van der Waals surface area (Å²) in [6, 6.07) is 12.3. The van der Waals surface area contributed by atoms with Crippen molar-refractivity contribution in [3.8, 4) is 5.75 Å². The van der Waals surface area contributed by atoms with Gasteiger partial charge >= 0.3 is 5.97 Å². The molecule has 0 bridgehead atoms. The van der Waals surface area contributed by atoms with E-state index in [0.717, 1.165) is 16.9 Å². The zero-order valence-electron chi connectivity index (χ0n) is 18.8. The number of halogens is 2. The number of rotatable bonds is 6. The molecule has 10 heteroatoms. The highest BCUT2D eigenvalue weighted by Gasteiger charge is 2.22. The number of hydrogen-bond donors (Lipinski definition) is 2. The van der Waals surface area contributed by atoms with E-state index < -0.39 is 21.9 Å². The van der Waals surface area contributed by atoms with Crippen molar-refractivity contribution in [2.45, 2.75) is 32.9 Å². The van der Waals surface area contributed by atoms with Crippen molar-refractivity contribution < 1.29 is 19.4 Å². The molecule has 0 saturated carbocycles. The summed E-state index contributed by atoms with van der Waals surface area (Å²) in [7, 11) is 0. The third-order valence-electron chi connectivity index (χ3n) is 5.30. The second-order valence-electron chi connectivity index (χ2n) is 8.14. The fraction of sp³-hybridized carbons (Fsp3) is 0.200. The molecule has 0 spiro atoms. The van der Waals surface area contributed by atoms with Crippen LogP contribution < -0.4 is 15.6 Å². The van der Waals surface area contributed by atoms with Crippen molar-refractivity contribution in [3.63, 3.8) is 0 Å². The maximum Gasteiger partial charge on any atom is 0.349 e. The van der Waals surface area contributed by atoms with Crippen LogP contribution in [0, 0.1) is 0 Å². The number of benzene rings is 2. The van der Waals surface area contributed by atoms with Crippen LogP contribution in [0.5, 0.6) is 5.75 Å². The highest BCUT2D eigenvalue weighted by molar-refractivity contribution is 6.54. The summed E-state index contributed by atoms with van der Waals surface area (Å²) < 4.78 is 7.54. The number of carboxylic acid groups (broad SMARTS) is 1. The fourth-order valence-electron chi connectivity index (χ4n) is 3.76. The number of nitrogens with one attached hydrogen (secondary N) is 1. The molecule has 180 valence electrons. The quantitative estimate of drug-likeness (QED) is 0.456. The van der Waals surface area contributed by atoms with E-state index in [1.165, 1.54) is 12.1 Å². The standard InChI is InChI=1S/C25H21Cl2N3O5/c1-13(2)35-19-6-4-3-5-14(19)11-15-9-10-30-22(15)29-18-12-16(7-8-17(18)24(30)32)28-23(31)20(26)21(27)25(33)34/h3-8,11-13H,9-10H2,1-2H3,(H,28,31)(H,33,34). The molecular formula is C25H21Cl2N3O5. The number of para-hydroxylation sites is 1. The van der Waals surface area contributed by atoms with Crippen LogP contribution in [-0.2, 0) is 16.1 Å². The van der Waals surface area contributed by atoms with Gasteiger partial charge in [-0.15, -0.1) is 0 Å². The van der Waals surface area contributed by atoms with E-state index in [2.05, 4.69) is 5.32 Å². The van der Waals surface area contributed by atoms with Gasteiger partial charge in [0.05, 0.1) is 17.0 Å². The van der Waals surface area contributed by atoms with Crippen molar-refractivity contribution in [1.29, 1.82) is 0 Å². The maximum atomic E-state index is 13.1. The van der Waals surface area contributed by atoms with Gasteiger partial charge in [-0.1, -0.05) is 41.4 Å². The molecule has 4 rings (SSSR count). The zero-order chi connectivity index (χ0) is 25.3. The third-order valence-corrected chi connectivity index (χ3v) is 6.10. The van der Waals surface area contributed by atoms with E-state index in [0.29, 0.717) is 29.7 Å². The Kier molecular flexibility index (Phi) is 6.95. The van der Waals surface area contributed by atoms with E-state index in [9.17, 15) is 14.4 Å². The molecule has 1 aliphatic rings. The van der Waals surface area contributed by atoms with Crippen molar-refractivity contribution in [1.82, 2.24) is 9.55 Å². The molecule has 3 aromatic rings. The van der Waals surface area contributed by atoms with Gasteiger partial charge in [0.2, 0.25) is 0 Å². The molecule has 1 aliphatic heterocycles. The summed E-state index contributed by atoms with van der Waals surface area (Å²) in [6.45, 7) is 4.41. The van der Waals surface area contributed by atoms with Gasteiger partial charge < -0.3 is 15.2 Å². The number of carboxylic acids is 1. The lowest BCUT2D eigenvalue weighted by Crippen LogP contribution is -2.21. The number of allylic oxidation sites excluding steroid dienone is 1. The molecule has 0 unspecified atom stereocenters. The smallest absolute Gasteiger partial charge is 0.349 e. The largest absolute Gasteiger partial charge is 0.490 e. The van der Waals surface area contributed by atoms with Crippen LogP contribution in [-0.4, -0.2) is 32.6 Å². The van der Waals surface area contributed by atoms with Crippen LogP contribution in [0.4, 0.5) is 5.69 Å². The van der Waals surface area contributed by atoms with Crippen LogP contribution in [0.15, 0.2) is 57.3 Å². The van der Waals surface area contributed by atoms with Crippen molar-refractivity contribution in [3.05, 3.63) is 74.3 Å². The number of aliphatic carboxylic acids is 1. The van der Waals surface area contributed by atoms with Gasteiger partial charge in [-0.2, -0.15) is 0 Å². The van der Waals surface area contributed by atoms with E-state index in [1.54, 1.807) is 10.6 Å². The number of aromatic nitrogens is 2. The van der Waals surface area contributed by atoms with Gasteiger partial charge in [0.1, 0.15) is 21.6 Å². The molecule has 0 aliphatic carbocycles. The van der Waals surface area contributed by atoms with Gasteiger partial charge in [0, 0.05) is 17.8 Å². The summed E-state index contributed by atoms with van der Waals surface area (Å²) in [4.78, 5) is 41.0. The number of amides is 1. The summed E-state index contributed by atoms with van der Waals surface area (Å²) >= 11 is 11.3. The van der Waals surface area contributed by atoms with Gasteiger partial charge in [-0.05, 0) is 56.2 Å². The minimum atomic E-state index is -1.52. The van der Waals surface area contributed by atoms with Crippen LogP contribution >= 0.6 is 23.2 Å². The molecule has 2 N–H and O–H groups in total. The van der Waals surface area contributed by atoms with Crippen LogP contribution in [0.1, 0.15) is 31.7 Å². The summed E-state index contributed by atoms with van der Waals surface area (Å²) in [6.07, 6.45) is 2.61. The number of nitrogens with zero attached hydrogens (tertiary/aromatic N) is 2. The number of carbonyl (C=O) groups is 2. The van der Waals surface area contributed by atoms with Crippen LogP contribution in [0.25, 0.3) is 22.6 Å². The first kappa shape index (κ1) is 24.5. The summed E-state index contributed by atoms with van der Waals surface area (Å²) in [5.41, 5.74) is 2.24. The molecule has 0 radical (unpaired) electrons. The van der Waals surface area contributed by atoms with Gasteiger partial charge in [-0.3, -0.25) is 14.2 Å². The van der Waals surface area contributed by atoms with E-state index in [1.807, 2.05) is 44.2 Å². The van der Waals surface area contributed by atoms with E-state index in [-0.39, 0.29) is 17.4 Å². The Bertz CT molecular complexity index is 1470.